The standard InChI is InChI=1S/C26H37NO/c1-17(2)20-15-22(26(27-16-20)18-8-4-3-5-9-18)19-12-13-25-23(14-19)21-10-6-7-11-24(21)28-25/h3-4,6,10,13-14,17-22,24,26-27H,5,7-9,11-12,15-16H2,1-2H3. The Bertz CT molecular complexity index is 699. The fourth-order valence-corrected chi connectivity index (χ4v) is 6.46. The van der Waals surface area contributed by atoms with Gasteiger partial charge in [0.2, 0.25) is 0 Å². The zero-order chi connectivity index (χ0) is 19.1. The van der Waals surface area contributed by atoms with Crippen LogP contribution in [0.15, 0.2) is 47.8 Å². The summed E-state index contributed by atoms with van der Waals surface area (Å²) < 4.78 is 6.32. The average molecular weight is 380 g/mol. The van der Waals surface area contributed by atoms with Crippen molar-refractivity contribution in [3.8, 4) is 0 Å². The molecule has 5 rings (SSSR count). The van der Waals surface area contributed by atoms with Gasteiger partial charge < -0.3 is 10.1 Å². The summed E-state index contributed by atoms with van der Waals surface area (Å²) in [5.74, 6) is 5.54. The summed E-state index contributed by atoms with van der Waals surface area (Å²) in [6.07, 6.45) is 23.9. The van der Waals surface area contributed by atoms with Gasteiger partial charge in [-0.05, 0) is 87.2 Å². The second kappa shape index (κ2) is 7.86. The third kappa shape index (κ3) is 3.43. The van der Waals surface area contributed by atoms with E-state index in [2.05, 4.69) is 55.6 Å². The molecule has 2 saturated heterocycles. The van der Waals surface area contributed by atoms with Crippen molar-refractivity contribution < 1.29 is 4.74 Å². The highest BCUT2D eigenvalue weighted by Crippen LogP contribution is 2.47. The molecule has 152 valence electrons. The van der Waals surface area contributed by atoms with Crippen LogP contribution in [-0.4, -0.2) is 18.7 Å². The zero-order valence-electron chi connectivity index (χ0n) is 17.6. The van der Waals surface area contributed by atoms with Crippen molar-refractivity contribution >= 4 is 0 Å². The van der Waals surface area contributed by atoms with E-state index in [9.17, 15) is 0 Å². The van der Waals surface area contributed by atoms with Gasteiger partial charge in [-0.2, -0.15) is 0 Å². The lowest BCUT2D eigenvalue weighted by atomic mass is 9.66. The van der Waals surface area contributed by atoms with E-state index in [1.807, 2.05) is 0 Å². The lowest BCUT2D eigenvalue weighted by Crippen LogP contribution is -2.52. The number of fused-ring (bicyclic) bond motifs is 3. The van der Waals surface area contributed by atoms with Crippen LogP contribution >= 0.6 is 0 Å². The van der Waals surface area contributed by atoms with Crippen LogP contribution in [-0.2, 0) is 4.74 Å². The molecule has 0 aromatic carbocycles. The molecule has 2 aliphatic heterocycles. The zero-order valence-corrected chi connectivity index (χ0v) is 17.6. The molecule has 2 heteroatoms. The number of ether oxygens (including phenoxy) is 1. The summed E-state index contributed by atoms with van der Waals surface area (Å²) in [6.45, 7) is 6.03. The van der Waals surface area contributed by atoms with Gasteiger partial charge in [0.1, 0.15) is 11.9 Å². The summed E-state index contributed by atoms with van der Waals surface area (Å²) in [6, 6.07) is 0.678. The minimum atomic E-state index is 0.397. The first-order chi connectivity index (χ1) is 13.7. The molecule has 7 atom stereocenters. The van der Waals surface area contributed by atoms with Crippen molar-refractivity contribution in [3.05, 3.63) is 47.8 Å². The highest BCUT2D eigenvalue weighted by Gasteiger charge is 2.43. The predicted octanol–water partition coefficient (Wildman–Crippen LogP) is 5.79. The lowest BCUT2D eigenvalue weighted by Gasteiger charge is -2.46. The number of nitrogens with one attached hydrogen (secondary N) is 1. The summed E-state index contributed by atoms with van der Waals surface area (Å²) in [5.41, 5.74) is 1.51. The molecule has 0 radical (unpaired) electrons. The van der Waals surface area contributed by atoms with Gasteiger partial charge in [0.25, 0.3) is 0 Å². The number of hydrogen-bond donors (Lipinski definition) is 1. The minimum Gasteiger partial charge on any atom is -0.489 e. The second-order valence-corrected chi connectivity index (χ2v) is 10.2. The maximum atomic E-state index is 6.32. The monoisotopic (exact) mass is 379 g/mol. The molecule has 3 aliphatic carbocycles. The van der Waals surface area contributed by atoms with Gasteiger partial charge in [-0.15, -0.1) is 0 Å². The second-order valence-electron chi connectivity index (χ2n) is 10.2. The largest absolute Gasteiger partial charge is 0.489 e. The number of rotatable bonds is 3. The third-order valence-electron chi connectivity index (χ3n) is 8.22. The van der Waals surface area contributed by atoms with Crippen molar-refractivity contribution in [2.24, 2.45) is 35.5 Å². The molecule has 0 aromatic rings. The van der Waals surface area contributed by atoms with Crippen LogP contribution in [0, 0.1) is 35.5 Å². The minimum absolute atomic E-state index is 0.397. The van der Waals surface area contributed by atoms with Crippen LogP contribution in [0.2, 0.25) is 0 Å². The van der Waals surface area contributed by atoms with Gasteiger partial charge >= 0.3 is 0 Å². The molecule has 7 unspecified atom stereocenters. The van der Waals surface area contributed by atoms with E-state index in [1.54, 1.807) is 0 Å². The third-order valence-corrected chi connectivity index (χ3v) is 8.22. The average Bonchev–Trinajstić information content (AvgIpc) is 3.12. The maximum absolute atomic E-state index is 6.32. The van der Waals surface area contributed by atoms with E-state index < -0.39 is 0 Å². The first-order valence-electron chi connectivity index (χ1n) is 11.8. The number of hydrogen-bond acceptors (Lipinski definition) is 2. The smallest absolute Gasteiger partial charge is 0.119 e. The number of piperidine rings is 1. The molecular formula is C26H37NO. The molecule has 0 saturated carbocycles. The van der Waals surface area contributed by atoms with Gasteiger partial charge in [0.05, 0.1) is 0 Å². The predicted molar refractivity (Wildman–Crippen MR) is 116 cm³/mol. The summed E-state index contributed by atoms with van der Waals surface area (Å²) in [7, 11) is 0. The summed E-state index contributed by atoms with van der Waals surface area (Å²) in [5, 5.41) is 4.05. The number of allylic oxidation sites excluding steroid dienone is 6. The topological polar surface area (TPSA) is 21.3 Å². The summed E-state index contributed by atoms with van der Waals surface area (Å²) in [4.78, 5) is 0. The van der Waals surface area contributed by atoms with Crippen molar-refractivity contribution in [2.45, 2.75) is 70.9 Å². The molecule has 0 bridgehead atoms. The van der Waals surface area contributed by atoms with Gasteiger partial charge in [-0.25, -0.2) is 0 Å². The maximum Gasteiger partial charge on any atom is 0.119 e. The Morgan fingerprint density at radius 3 is 2.79 bits per heavy atom. The SMILES string of the molecule is CC(C)C1CNC(C2CC=CCC2)C(C2C=C3C(=CC2)OC2CCC=CC32)C1. The molecule has 2 heterocycles. The highest BCUT2D eigenvalue weighted by molar-refractivity contribution is 5.40. The van der Waals surface area contributed by atoms with E-state index in [0.29, 0.717) is 24.0 Å². The first kappa shape index (κ1) is 18.7. The normalized spacial score (nSPS) is 42.5. The first-order valence-corrected chi connectivity index (χ1v) is 11.8. The van der Waals surface area contributed by atoms with E-state index in [-0.39, 0.29) is 0 Å². The van der Waals surface area contributed by atoms with E-state index in [4.69, 9.17) is 4.74 Å². The van der Waals surface area contributed by atoms with Gasteiger partial charge in [0.15, 0.2) is 0 Å². The van der Waals surface area contributed by atoms with Crippen LogP contribution in [0.3, 0.4) is 0 Å². The molecule has 0 amide bonds. The van der Waals surface area contributed by atoms with Crippen molar-refractivity contribution in [1.29, 1.82) is 0 Å². The Balaban J connectivity index is 1.41. The molecule has 1 N–H and O–H groups in total. The lowest BCUT2D eigenvalue weighted by molar-refractivity contribution is 0.105. The van der Waals surface area contributed by atoms with Gasteiger partial charge in [-0.3, -0.25) is 0 Å². The Morgan fingerprint density at radius 2 is 1.96 bits per heavy atom. The highest BCUT2D eigenvalue weighted by atomic mass is 16.5. The van der Waals surface area contributed by atoms with Crippen LogP contribution in [0.1, 0.15) is 58.8 Å². The van der Waals surface area contributed by atoms with E-state index in [1.165, 1.54) is 56.4 Å². The fraction of sp³-hybridized carbons (Fsp3) is 0.692. The molecule has 0 spiro atoms. The Kier molecular flexibility index (Phi) is 5.26. The molecule has 2 nitrogen and oxygen atoms in total. The van der Waals surface area contributed by atoms with Crippen LogP contribution in [0.5, 0.6) is 0 Å². The van der Waals surface area contributed by atoms with Gasteiger partial charge in [0, 0.05) is 17.5 Å². The molecule has 28 heavy (non-hydrogen) atoms. The summed E-state index contributed by atoms with van der Waals surface area (Å²) >= 11 is 0. The Labute approximate surface area is 171 Å². The van der Waals surface area contributed by atoms with Crippen LogP contribution in [0.25, 0.3) is 0 Å². The molecule has 5 aliphatic rings. The quantitative estimate of drug-likeness (QED) is 0.627. The molecular weight excluding hydrogens is 342 g/mol. The van der Waals surface area contributed by atoms with Crippen LogP contribution < -0.4 is 5.32 Å². The molecule has 2 fully saturated rings. The van der Waals surface area contributed by atoms with E-state index in [0.717, 1.165) is 30.1 Å². The molecule has 0 aromatic heterocycles. The van der Waals surface area contributed by atoms with Crippen LogP contribution in [0.4, 0.5) is 0 Å². The van der Waals surface area contributed by atoms with Crippen molar-refractivity contribution in [2.75, 3.05) is 6.54 Å². The van der Waals surface area contributed by atoms with Crippen molar-refractivity contribution in [3.63, 3.8) is 0 Å². The Hall–Kier alpha value is -1.28. The van der Waals surface area contributed by atoms with Gasteiger partial charge in [-0.1, -0.05) is 44.2 Å². The Morgan fingerprint density at radius 1 is 1.07 bits per heavy atom. The van der Waals surface area contributed by atoms with Crippen molar-refractivity contribution in [1.82, 2.24) is 5.32 Å². The van der Waals surface area contributed by atoms with E-state index >= 15 is 0 Å². The fourth-order valence-electron chi connectivity index (χ4n) is 6.46.